The van der Waals surface area contributed by atoms with Crippen molar-refractivity contribution in [3.63, 3.8) is 0 Å². The van der Waals surface area contributed by atoms with E-state index in [1.54, 1.807) is 29.7 Å². The van der Waals surface area contributed by atoms with Crippen LogP contribution in [0.3, 0.4) is 0 Å². The van der Waals surface area contributed by atoms with Gasteiger partial charge in [-0.1, -0.05) is 96.9 Å². The summed E-state index contributed by atoms with van der Waals surface area (Å²) in [6, 6.07) is 27.0. The maximum Gasteiger partial charge on any atom is 0.163 e. The number of hydrogen-bond acceptors (Lipinski definition) is 4. The summed E-state index contributed by atoms with van der Waals surface area (Å²) < 4.78 is 44.8. The Morgan fingerprint density at radius 3 is 2.35 bits per heavy atom. The summed E-state index contributed by atoms with van der Waals surface area (Å²) in [5, 5.41) is 5.22. The van der Waals surface area contributed by atoms with Crippen LogP contribution in [-0.2, 0) is 0 Å². The molecular weight excluding hydrogens is 506 g/mol. The van der Waals surface area contributed by atoms with Crippen molar-refractivity contribution in [1.29, 1.82) is 0 Å². The van der Waals surface area contributed by atoms with Crippen LogP contribution >= 0.6 is 11.3 Å². The van der Waals surface area contributed by atoms with Crippen molar-refractivity contribution < 1.29 is 6.85 Å². The van der Waals surface area contributed by atoms with E-state index in [9.17, 15) is 0 Å². The summed E-state index contributed by atoms with van der Waals surface area (Å²) in [6.45, 7) is 0. The Balaban J connectivity index is 1.45. The van der Waals surface area contributed by atoms with Gasteiger partial charge in [-0.05, 0) is 45.8 Å². The maximum atomic E-state index is 8.78. The topological polar surface area (TPSA) is 38.7 Å². The second kappa shape index (κ2) is 8.28. The van der Waals surface area contributed by atoms with Gasteiger partial charge in [0, 0.05) is 42.7 Å². The molecule has 0 aliphatic heterocycles. The molecule has 0 spiro atoms. The predicted molar refractivity (Wildman–Crippen MR) is 166 cm³/mol. The molecule has 1 aliphatic rings. The molecule has 3 heterocycles. The van der Waals surface area contributed by atoms with Gasteiger partial charge in [0.05, 0.1) is 18.5 Å². The van der Waals surface area contributed by atoms with E-state index >= 15 is 0 Å². The summed E-state index contributed by atoms with van der Waals surface area (Å²) in [5.74, 6) is 0.0947. The zero-order valence-electron chi connectivity index (χ0n) is 26.0. The largest absolute Gasteiger partial charge is 0.237 e. The average molecular weight is 533 g/mol. The van der Waals surface area contributed by atoms with Gasteiger partial charge in [0.1, 0.15) is 5.82 Å². The van der Waals surface area contributed by atoms with Crippen molar-refractivity contribution in [1.82, 2.24) is 15.0 Å². The first kappa shape index (κ1) is 17.6. The lowest BCUT2D eigenvalue weighted by molar-refractivity contribution is 0.893. The molecule has 0 radical (unpaired) electrons. The van der Waals surface area contributed by atoms with Gasteiger partial charge in [0.15, 0.2) is 5.65 Å². The van der Waals surface area contributed by atoms with Crippen molar-refractivity contribution in [2.75, 3.05) is 0 Å². The first-order valence-corrected chi connectivity index (χ1v) is 13.9. The van der Waals surface area contributed by atoms with Crippen LogP contribution < -0.4 is 0 Å². The summed E-state index contributed by atoms with van der Waals surface area (Å²) in [5.41, 5.74) is 5.16. The molecule has 0 bridgehead atoms. The van der Waals surface area contributed by atoms with Crippen molar-refractivity contribution in [3.05, 3.63) is 138 Å². The lowest BCUT2D eigenvalue weighted by Crippen LogP contribution is -2.08. The van der Waals surface area contributed by atoms with E-state index in [0.717, 1.165) is 27.6 Å². The minimum atomic E-state index is -0.442. The number of fused-ring (bicyclic) bond motifs is 11. The minimum absolute atomic E-state index is 0.0406. The zero-order valence-corrected chi connectivity index (χ0v) is 21.8. The third kappa shape index (κ3) is 2.97. The summed E-state index contributed by atoms with van der Waals surface area (Å²) in [4.78, 5) is 14.7. The van der Waals surface area contributed by atoms with Crippen LogP contribution in [0.15, 0.2) is 121 Å². The Labute approximate surface area is 241 Å². The molecule has 186 valence electrons. The molecule has 0 saturated heterocycles. The Bertz CT molecular complexity index is 2550. The molecule has 0 amide bonds. The highest BCUT2D eigenvalue weighted by Gasteiger charge is 2.36. The Hall–Kier alpha value is -4.93. The van der Waals surface area contributed by atoms with Gasteiger partial charge < -0.3 is 0 Å². The lowest BCUT2D eigenvalue weighted by Gasteiger charge is -2.17. The molecule has 1 aliphatic carbocycles. The normalized spacial score (nSPS) is 16.0. The molecule has 0 saturated carbocycles. The Morgan fingerprint density at radius 2 is 1.45 bits per heavy atom. The second-order valence-electron chi connectivity index (χ2n) is 9.96. The molecule has 40 heavy (non-hydrogen) atoms. The van der Waals surface area contributed by atoms with E-state index in [1.165, 1.54) is 25.6 Å². The molecule has 1 unspecified atom stereocenters. The molecule has 4 heteroatoms. The number of aromatic nitrogens is 3. The van der Waals surface area contributed by atoms with Crippen molar-refractivity contribution in [2.24, 2.45) is 0 Å². The molecule has 0 N–H and O–H groups in total. The highest BCUT2D eigenvalue weighted by atomic mass is 32.1. The molecule has 9 rings (SSSR count). The molecule has 3 nitrogen and oxygen atoms in total. The quantitative estimate of drug-likeness (QED) is 0.223. The highest BCUT2D eigenvalue weighted by Crippen LogP contribution is 2.56. The van der Waals surface area contributed by atoms with Gasteiger partial charge in [0.25, 0.3) is 0 Å². The van der Waals surface area contributed by atoms with Crippen molar-refractivity contribution in [3.8, 4) is 22.4 Å². The highest BCUT2D eigenvalue weighted by molar-refractivity contribution is 7.26. The van der Waals surface area contributed by atoms with Crippen LogP contribution in [0.25, 0.3) is 64.4 Å². The minimum Gasteiger partial charge on any atom is -0.237 e. The second-order valence-corrected chi connectivity index (χ2v) is 11.0. The van der Waals surface area contributed by atoms with E-state index in [1.807, 2.05) is 6.07 Å². The number of benzene rings is 5. The molecule has 0 fully saturated rings. The fraction of sp³-hybridized carbons (Fsp3) is 0.0278. The number of pyridine rings is 1. The number of thiophene rings is 1. The first-order chi connectivity index (χ1) is 21.9. The monoisotopic (exact) mass is 532 g/mol. The van der Waals surface area contributed by atoms with E-state index in [0.29, 0.717) is 16.9 Å². The fourth-order valence-corrected chi connectivity index (χ4v) is 7.57. The van der Waals surface area contributed by atoms with Crippen LogP contribution in [0.4, 0.5) is 0 Å². The number of rotatable bonds is 2. The summed E-state index contributed by atoms with van der Waals surface area (Å²) >= 11 is 1.78. The van der Waals surface area contributed by atoms with Crippen LogP contribution in [0.5, 0.6) is 0 Å². The van der Waals surface area contributed by atoms with Gasteiger partial charge in [-0.25, -0.2) is 15.0 Å². The third-order valence-corrected chi connectivity index (χ3v) is 9.09. The van der Waals surface area contributed by atoms with Crippen molar-refractivity contribution >= 4 is 53.3 Å². The van der Waals surface area contributed by atoms with E-state index in [2.05, 4.69) is 71.7 Å². The third-order valence-electron chi connectivity index (χ3n) is 7.89. The van der Waals surface area contributed by atoms with E-state index in [-0.39, 0.29) is 29.3 Å². The van der Waals surface area contributed by atoms with Gasteiger partial charge in [0.2, 0.25) is 0 Å². The standard InChI is InChI=1S/C36H21N3S/c1-2-11-21(12-3-1)33-27-18-10-20-37-35(27)39-36(38-33)31-23-14-5-4-13-22(23)29-24-15-6-7-16-25(24)34-30(32(29)31)26-17-8-9-19-28(26)40-34/h1-20,31H/i1D,2D,3D,11D,12D. The SMILES string of the molecule is [2H]c1c([2H])c([2H])c(-c2nc(C3c4ccccc4-c4c3c3c5ccccc5sc3c3ccccc43)nc3ncccc23)c([2H])c1[2H]. The van der Waals surface area contributed by atoms with Gasteiger partial charge >= 0.3 is 0 Å². The maximum absolute atomic E-state index is 8.78. The Morgan fingerprint density at radius 1 is 0.700 bits per heavy atom. The smallest absolute Gasteiger partial charge is 0.163 e. The van der Waals surface area contributed by atoms with Crippen molar-refractivity contribution in [2.45, 2.75) is 5.92 Å². The summed E-state index contributed by atoms with van der Waals surface area (Å²) in [6.07, 6.45) is 1.65. The van der Waals surface area contributed by atoms with E-state index < -0.39 is 18.1 Å². The number of nitrogens with zero attached hydrogens (tertiary/aromatic N) is 3. The fourth-order valence-electron chi connectivity index (χ4n) is 6.32. The molecule has 5 aromatic carbocycles. The Kier molecular flexibility index (Phi) is 3.65. The first-order valence-electron chi connectivity index (χ1n) is 15.6. The lowest BCUT2D eigenvalue weighted by atomic mass is 9.89. The van der Waals surface area contributed by atoms with Gasteiger partial charge in [-0.3, -0.25) is 0 Å². The molecular formula is C36H21N3S. The van der Waals surface area contributed by atoms with Gasteiger partial charge in [-0.15, -0.1) is 11.3 Å². The van der Waals surface area contributed by atoms with E-state index in [4.69, 9.17) is 16.8 Å². The van der Waals surface area contributed by atoms with Crippen LogP contribution in [0, 0.1) is 0 Å². The van der Waals surface area contributed by atoms with Crippen LogP contribution in [-0.4, -0.2) is 15.0 Å². The summed E-state index contributed by atoms with van der Waals surface area (Å²) in [7, 11) is 0. The zero-order chi connectivity index (χ0) is 30.6. The number of hydrogen-bond donors (Lipinski definition) is 0. The van der Waals surface area contributed by atoms with Crippen LogP contribution in [0.1, 0.15) is 29.7 Å². The molecule has 3 aromatic heterocycles. The predicted octanol–water partition coefficient (Wildman–Crippen LogP) is 9.37. The van der Waals surface area contributed by atoms with Gasteiger partial charge in [-0.2, -0.15) is 0 Å². The van der Waals surface area contributed by atoms with Crippen LogP contribution in [0.2, 0.25) is 0 Å². The molecule has 1 atom stereocenters. The molecule has 8 aromatic rings. The average Bonchev–Trinajstić information content (AvgIpc) is 3.63.